The van der Waals surface area contributed by atoms with E-state index >= 15 is 0 Å². The minimum absolute atomic E-state index is 0.0270. The van der Waals surface area contributed by atoms with Crippen LogP contribution in [0.1, 0.15) is 49.8 Å². The van der Waals surface area contributed by atoms with Gasteiger partial charge in [-0.05, 0) is 19.8 Å². The van der Waals surface area contributed by atoms with Crippen LogP contribution in [0.25, 0.3) is 0 Å². The fourth-order valence-corrected chi connectivity index (χ4v) is 3.60. The average Bonchev–Trinajstić information content (AvgIpc) is 3.25. The van der Waals surface area contributed by atoms with Gasteiger partial charge in [0.1, 0.15) is 11.4 Å². The zero-order valence-corrected chi connectivity index (χ0v) is 13.8. The van der Waals surface area contributed by atoms with E-state index in [-0.39, 0.29) is 31.3 Å². The Labute approximate surface area is 138 Å². The largest absolute Gasteiger partial charge is 0.383 e. The van der Waals surface area contributed by atoms with Crippen LogP contribution in [-0.2, 0) is 9.53 Å². The predicted octanol–water partition coefficient (Wildman–Crippen LogP) is 1.34. The molecule has 1 aromatic rings. The molecule has 7 nitrogen and oxygen atoms in total. The number of carbonyl (C=O) groups excluding carboxylic acids is 1. The number of aromatic nitrogens is 3. The first-order valence-corrected chi connectivity index (χ1v) is 8.11. The van der Waals surface area contributed by atoms with Crippen molar-refractivity contribution in [2.24, 2.45) is 0 Å². The number of halogens is 2. The number of amides is 1. The summed E-state index contributed by atoms with van der Waals surface area (Å²) >= 11 is 0. The van der Waals surface area contributed by atoms with E-state index in [1.165, 1.54) is 7.11 Å². The van der Waals surface area contributed by atoms with E-state index in [4.69, 9.17) is 4.74 Å². The number of carbonyl (C=O) groups is 1. The smallest absolute Gasteiger partial charge is 0.352 e. The summed E-state index contributed by atoms with van der Waals surface area (Å²) in [4.78, 5) is 17.8. The first-order valence-electron chi connectivity index (χ1n) is 8.11. The fraction of sp³-hybridized carbons (Fsp3) is 0.800. The minimum Gasteiger partial charge on any atom is -0.383 e. The number of hydrogen-bond acceptors (Lipinski definition) is 5. The third-order valence-corrected chi connectivity index (χ3v) is 5.05. The molecule has 0 aromatic carbocycles. The van der Waals surface area contributed by atoms with Gasteiger partial charge in [-0.3, -0.25) is 9.89 Å². The van der Waals surface area contributed by atoms with E-state index in [2.05, 4.69) is 15.2 Å². The molecule has 0 bridgehead atoms. The van der Waals surface area contributed by atoms with Gasteiger partial charge in [0.25, 0.3) is 5.91 Å². The summed E-state index contributed by atoms with van der Waals surface area (Å²) in [5, 5.41) is 16.9. The normalized spacial score (nSPS) is 27.0. The lowest BCUT2D eigenvalue weighted by molar-refractivity contribution is -0.201. The fourth-order valence-electron chi connectivity index (χ4n) is 3.60. The van der Waals surface area contributed by atoms with Crippen molar-refractivity contribution in [3.05, 3.63) is 11.6 Å². The molecule has 0 unspecified atom stereocenters. The lowest BCUT2D eigenvalue weighted by Crippen LogP contribution is -2.57. The molecule has 134 valence electrons. The standard InChI is InChI=1S/C15H22F2N4O3/c1-9-18-12(20-19-9)11-7-10(24-2)8-21(11)13(22)15(16,17)14(23)5-3-4-6-14/h10-11,23H,3-8H2,1-2H3,(H,18,19,20)/t10-,11+/m1/s1. The number of alkyl halides is 2. The molecule has 24 heavy (non-hydrogen) atoms. The Morgan fingerprint density at radius 2 is 2.12 bits per heavy atom. The summed E-state index contributed by atoms with van der Waals surface area (Å²) in [7, 11) is 1.47. The summed E-state index contributed by atoms with van der Waals surface area (Å²) < 4.78 is 34.8. The van der Waals surface area contributed by atoms with E-state index in [1.807, 2.05) is 0 Å². The highest BCUT2D eigenvalue weighted by Gasteiger charge is 2.62. The molecular weight excluding hydrogens is 322 g/mol. The first kappa shape index (κ1) is 17.2. The van der Waals surface area contributed by atoms with Crippen molar-refractivity contribution in [1.82, 2.24) is 20.1 Å². The summed E-state index contributed by atoms with van der Waals surface area (Å²) in [6, 6.07) is -0.691. The molecule has 1 saturated carbocycles. The second kappa shape index (κ2) is 6.03. The zero-order chi connectivity index (χ0) is 17.5. The molecule has 2 fully saturated rings. The molecule has 2 N–H and O–H groups in total. The molecule has 2 heterocycles. The van der Waals surface area contributed by atoms with Crippen LogP contribution in [0.5, 0.6) is 0 Å². The Bertz CT molecular complexity index is 616. The van der Waals surface area contributed by atoms with Gasteiger partial charge in [0.2, 0.25) is 0 Å². The second-order valence-electron chi connectivity index (χ2n) is 6.66. The summed E-state index contributed by atoms with van der Waals surface area (Å²) in [5.41, 5.74) is -2.27. The molecule has 9 heteroatoms. The van der Waals surface area contributed by atoms with Gasteiger partial charge in [0, 0.05) is 20.1 Å². The van der Waals surface area contributed by atoms with Gasteiger partial charge in [-0.15, -0.1) is 0 Å². The van der Waals surface area contributed by atoms with Gasteiger partial charge in [0.15, 0.2) is 5.82 Å². The van der Waals surface area contributed by atoms with Crippen molar-refractivity contribution in [3.63, 3.8) is 0 Å². The Morgan fingerprint density at radius 1 is 1.46 bits per heavy atom. The number of H-pyrrole nitrogens is 1. The van der Waals surface area contributed by atoms with Crippen LogP contribution in [-0.4, -0.2) is 62.4 Å². The number of methoxy groups -OCH3 is 1. The van der Waals surface area contributed by atoms with Gasteiger partial charge in [0.05, 0.1) is 12.1 Å². The number of nitrogens with one attached hydrogen (secondary N) is 1. The van der Waals surface area contributed by atoms with E-state index in [1.54, 1.807) is 6.92 Å². The van der Waals surface area contributed by atoms with Crippen LogP contribution < -0.4 is 0 Å². The average molecular weight is 344 g/mol. The van der Waals surface area contributed by atoms with Gasteiger partial charge < -0.3 is 14.7 Å². The van der Waals surface area contributed by atoms with Crippen molar-refractivity contribution in [1.29, 1.82) is 0 Å². The molecular formula is C15H22F2N4O3. The van der Waals surface area contributed by atoms with Crippen molar-refractivity contribution < 1.29 is 23.4 Å². The lowest BCUT2D eigenvalue weighted by Gasteiger charge is -2.35. The van der Waals surface area contributed by atoms with Crippen LogP contribution >= 0.6 is 0 Å². The Hall–Kier alpha value is -1.61. The van der Waals surface area contributed by atoms with E-state index in [0.29, 0.717) is 25.1 Å². The van der Waals surface area contributed by atoms with Crippen molar-refractivity contribution in [3.8, 4) is 0 Å². The topological polar surface area (TPSA) is 91.3 Å². The summed E-state index contributed by atoms with van der Waals surface area (Å²) in [6.45, 7) is 1.72. The van der Waals surface area contributed by atoms with Crippen LogP contribution in [0.3, 0.4) is 0 Å². The molecule has 3 rings (SSSR count). The highest BCUT2D eigenvalue weighted by molar-refractivity contribution is 5.85. The van der Waals surface area contributed by atoms with Crippen molar-refractivity contribution in [2.45, 2.75) is 62.7 Å². The number of aliphatic hydroxyl groups is 1. The van der Waals surface area contributed by atoms with Crippen molar-refractivity contribution in [2.75, 3.05) is 13.7 Å². The maximum atomic E-state index is 14.8. The van der Waals surface area contributed by atoms with Crippen LogP contribution in [0, 0.1) is 6.92 Å². The Kier molecular flexibility index (Phi) is 4.33. The Morgan fingerprint density at radius 3 is 2.67 bits per heavy atom. The van der Waals surface area contributed by atoms with Gasteiger partial charge >= 0.3 is 5.92 Å². The Balaban J connectivity index is 1.88. The first-order chi connectivity index (χ1) is 11.3. The zero-order valence-electron chi connectivity index (χ0n) is 13.8. The van der Waals surface area contributed by atoms with E-state index in [0.717, 1.165) is 4.90 Å². The highest BCUT2D eigenvalue weighted by Crippen LogP contribution is 2.45. The molecule has 1 saturated heterocycles. The second-order valence-corrected chi connectivity index (χ2v) is 6.66. The number of aryl methyl sites for hydroxylation is 1. The minimum atomic E-state index is -3.84. The summed E-state index contributed by atoms with van der Waals surface area (Å²) in [5.74, 6) is -4.39. The molecule has 1 aliphatic carbocycles. The van der Waals surface area contributed by atoms with Crippen molar-refractivity contribution >= 4 is 5.91 Å². The van der Waals surface area contributed by atoms with Crippen LogP contribution in [0.4, 0.5) is 8.78 Å². The number of aromatic amines is 1. The monoisotopic (exact) mass is 344 g/mol. The van der Waals surface area contributed by atoms with Crippen LogP contribution in [0.2, 0.25) is 0 Å². The molecule has 1 aromatic heterocycles. The van der Waals surface area contributed by atoms with Gasteiger partial charge in [-0.1, -0.05) is 12.8 Å². The number of likely N-dealkylation sites (tertiary alicyclic amines) is 1. The predicted molar refractivity (Wildman–Crippen MR) is 79.4 cm³/mol. The lowest BCUT2D eigenvalue weighted by atomic mass is 9.92. The number of nitrogens with zero attached hydrogens (tertiary/aromatic N) is 3. The highest BCUT2D eigenvalue weighted by atomic mass is 19.3. The number of hydrogen-bond donors (Lipinski definition) is 2. The quantitative estimate of drug-likeness (QED) is 0.860. The van der Waals surface area contributed by atoms with Gasteiger partial charge in [-0.25, -0.2) is 4.98 Å². The molecule has 2 atom stereocenters. The number of ether oxygens (including phenoxy) is 1. The third-order valence-electron chi connectivity index (χ3n) is 5.05. The molecule has 0 radical (unpaired) electrons. The van der Waals surface area contributed by atoms with Crippen LogP contribution in [0.15, 0.2) is 0 Å². The molecule has 0 spiro atoms. The van der Waals surface area contributed by atoms with Gasteiger partial charge in [-0.2, -0.15) is 13.9 Å². The SMILES string of the molecule is CO[C@@H]1C[C@@H](c2n[nH]c(C)n2)N(C(=O)C(F)(F)C2(O)CCCC2)C1. The molecule has 1 amide bonds. The third kappa shape index (κ3) is 2.69. The maximum Gasteiger partial charge on any atom is 0.352 e. The summed E-state index contributed by atoms with van der Waals surface area (Å²) in [6.07, 6.45) is 0.809. The van der Waals surface area contributed by atoms with E-state index < -0.39 is 23.5 Å². The maximum absolute atomic E-state index is 14.8. The van der Waals surface area contributed by atoms with E-state index in [9.17, 15) is 18.7 Å². The molecule has 1 aliphatic heterocycles. The number of rotatable bonds is 4. The molecule has 2 aliphatic rings.